The highest BCUT2D eigenvalue weighted by Crippen LogP contribution is 2.32. The van der Waals surface area contributed by atoms with Crippen LogP contribution >= 0.6 is 0 Å². The summed E-state index contributed by atoms with van der Waals surface area (Å²) in [5, 5.41) is 3.62. The van der Waals surface area contributed by atoms with Gasteiger partial charge >= 0.3 is 0 Å². The van der Waals surface area contributed by atoms with Crippen LogP contribution in [0.3, 0.4) is 0 Å². The average Bonchev–Trinajstić information content (AvgIpc) is 2.46. The molecule has 2 amide bonds. The Balaban J connectivity index is 3.11. The lowest BCUT2D eigenvalue weighted by Gasteiger charge is -2.18. The monoisotopic (exact) mass is 264 g/mol. The van der Waals surface area contributed by atoms with Crippen molar-refractivity contribution in [2.45, 2.75) is 32.8 Å². The van der Waals surface area contributed by atoms with Gasteiger partial charge in [0.15, 0.2) is 11.4 Å². The Morgan fingerprint density at radius 3 is 2.42 bits per heavy atom. The van der Waals surface area contributed by atoms with Gasteiger partial charge in [0.05, 0.1) is 11.8 Å². The number of benzene rings is 1. The van der Waals surface area contributed by atoms with Crippen molar-refractivity contribution in [3.8, 4) is 5.75 Å². The molecular weight excluding hydrogens is 246 g/mol. The molecule has 2 N–H and O–H groups in total. The van der Waals surface area contributed by atoms with E-state index in [1.807, 2.05) is 13.8 Å². The summed E-state index contributed by atoms with van der Waals surface area (Å²) in [4.78, 5) is 22.4. The summed E-state index contributed by atoms with van der Waals surface area (Å²) < 4.78 is 5.78. The highest BCUT2D eigenvalue weighted by atomic mass is 16.5. The number of hydrogen-bond acceptors (Lipinski definition) is 4. The highest BCUT2D eigenvalue weighted by Gasteiger charge is 2.14. The third-order valence-corrected chi connectivity index (χ3v) is 2.81. The Morgan fingerprint density at radius 2 is 1.95 bits per heavy atom. The van der Waals surface area contributed by atoms with Gasteiger partial charge in [-0.05, 0) is 30.1 Å². The second-order valence-corrected chi connectivity index (χ2v) is 3.96. The fourth-order valence-corrected chi connectivity index (χ4v) is 1.65. The van der Waals surface area contributed by atoms with Gasteiger partial charge in [-0.2, -0.15) is 5.53 Å². The Bertz CT molecular complexity index is 450. The summed E-state index contributed by atoms with van der Waals surface area (Å²) in [6.07, 6.45) is 2.59. The predicted molar refractivity (Wildman–Crippen MR) is 70.1 cm³/mol. The molecule has 0 unspecified atom stereocenters. The maximum Gasteiger partial charge on any atom is 0.220 e. The second kappa shape index (κ2) is 7.25. The van der Waals surface area contributed by atoms with E-state index in [-0.39, 0.29) is 6.10 Å². The zero-order chi connectivity index (χ0) is 14.3. The number of imide groups is 1. The van der Waals surface area contributed by atoms with Crippen molar-refractivity contribution in [1.29, 1.82) is 0 Å². The van der Waals surface area contributed by atoms with E-state index in [1.165, 1.54) is 0 Å². The fourth-order valence-electron chi connectivity index (χ4n) is 1.65. The number of nitrogens with zero attached hydrogens (tertiary/aromatic N) is 2. The molecule has 0 saturated heterocycles. The van der Waals surface area contributed by atoms with Crippen LogP contribution in [0.1, 0.15) is 26.7 Å². The Morgan fingerprint density at radius 1 is 1.32 bits per heavy atom. The number of amides is 2. The normalized spacial score (nSPS) is 10.1. The smallest absolute Gasteiger partial charge is 0.220 e. The zero-order valence-corrected chi connectivity index (χ0v) is 11.1. The number of rotatable bonds is 8. The molecule has 19 heavy (non-hydrogen) atoms. The topological polar surface area (TPSA) is 84.6 Å². The molecule has 0 heterocycles. The Kier molecular flexibility index (Phi) is 5.66. The van der Waals surface area contributed by atoms with Crippen LogP contribution in [0.15, 0.2) is 23.3 Å². The van der Waals surface area contributed by atoms with Crippen molar-refractivity contribution in [2.24, 2.45) is 5.11 Å². The van der Waals surface area contributed by atoms with Crippen LogP contribution in [0.4, 0.5) is 11.4 Å². The van der Waals surface area contributed by atoms with Crippen LogP contribution in [0.2, 0.25) is 0 Å². The summed E-state index contributed by atoms with van der Waals surface area (Å²) in [6, 6.07) is 4.76. The highest BCUT2D eigenvalue weighted by molar-refractivity contribution is 5.95. The Labute approximate surface area is 111 Å². The molecule has 0 radical (unpaired) electrons. The van der Waals surface area contributed by atoms with Gasteiger partial charge in [0.2, 0.25) is 12.8 Å². The van der Waals surface area contributed by atoms with Gasteiger partial charge in [0.1, 0.15) is 0 Å². The second-order valence-electron chi connectivity index (χ2n) is 3.96. The van der Waals surface area contributed by atoms with E-state index in [2.05, 4.69) is 5.11 Å². The average molecular weight is 264 g/mol. The van der Waals surface area contributed by atoms with Gasteiger partial charge in [-0.3, -0.25) is 14.5 Å². The van der Waals surface area contributed by atoms with Crippen LogP contribution in [0, 0.1) is 0 Å². The Hall–Kier alpha value is -2.24. The maximum absolute atomic E-state index is 10.7. The van der Waals surface area contributed by atoms with E-state index < -0.39 is 0 Å². The predicted octanol–water partition coefficient (Wildman–Crippen LogP) is 1.22. The first-order chi connectivity index (χ1) is 9.19. The molecular formula is C13H18N3O3+. The van der Waals surface area contributed by atoms with Crippen molar-refractivity contribution in [3.05, 3.63) is 18.2 Å². The quantitative estimate of drug-likeness (QED) is 0.566. The fraction of sp³-hybridized carbons (Fsp3) is 0.385. The summed E-state index contributed by atoms with van der Waals surface area (Å²) in [7, 11) is 0. The van der Waals surface area contributed by atoms with Crippen molar-refractivity contribution in [3.63, 3.8) is 0 Å². The first-order valence-electron chi connectivity index (χ1n) is 6.10. The minimum atomic E-state index is 0.0386. The summed E-state index contributed by atoms with van der Waals surface area (Å²) >= 11 is 0. The molecule has 0 fully saturated rings. The van der Waals surface area contributed by atoms with Crippen LogP contribution < -0.4 is 15.2 Å². The molecule has 102 valence electrons. The van der Waals surface area contributed by atoms with E-state index >= 15 is 0 Å². The molecule has 0 bridgehead atoms. The third kappa shape index (κ3) is 3.61. The van der Waals surface area contributed by atoms with Gasteiger partial charge in [-0.1, -0.05) is 13.8 Å². The molecule has 6 nitrogen and oxygen atoms in total. The first kappa shape index (κ1) is 14.8. The minimum Gasteiger partial charge on any atom is -0.488 e. The summed E-state index contributed by atoms with van der Waals surface area (Å²) in [5.41, 5.74) is 6.19. The number of nitrogens with two attached hydrogens (primary N) is 1. The van der Waals surface area contributed by atoms with Crippen molar-refractivity contribution >= 4 is 24.2 Å². The molecule has 1 aromatic rings. The number of anilines is 1. The number of ether oxygens (including phenoxy) is 1. The largest absolute Gasteiger partial charge is 0.488 e. The molecule has 1 aromatic carbocycles. The number of carbonyl (C=O) groups is 2. The van der Waals surface area contributed by atoms with E-state index in [1.54, 1.807) is 18.2 Å². The van der Waals surface area contributed by atoms with Crippen molar-refractivity contribution < 1.29 is 19.9 Å². The first-order valence-corrected chi connectivity index (χ1v) is 6.10. The molecule has 1 rings (SSSR count). The standard InChI is InChI=1S/C13H17N3O3/c1-3-11(4-2)19-13-7-10(16(8-17)9-18)5-6-12(13)15-14/h5-9,11,14H,3-4H2,1-2H3/p+1. The zero-order valence-electron chi connectivity index (χ0n) is 11.1. The number of carbonyl (C=O) groups excluding carboxylic acids is 2. The molecule has 0 spiro atoms. The van der Waals surface area contributed by atoms with Gasteiger partial charge in [-0.15, -0.1) is 0 Å². The molecule has 0 atom stereocenters. The third-order valence-electron chi connectivity index (χ3n) is 2.81. The van der Waals surface area contributed by atoms with E-state index in [0.29, 0.717) is 29.9 Å². The van der Waals surface area contributed by atoms with Crippen LogP contribution in [0.5, 0.6) is 5.75 Å². The number of hydrogen-bond donors (Lipinski definition) is 1. The van der Waals surface area contributed by atoms with E-state index in [9.17, 15) is 9.59 Å². The minimum absolute atomic E-state index is 0.0386. The van der Waals surface area contributed by atoms with Crippen LogP contribution in [-0.4, -0.2) is 18.9 Å². The lowest BCUT2D eigenvalue weighted by molar-refractivity contribution is -0.210. The molecule has 0 aliphatic heterocycles. The molecule has 0 aliphatic rings. The lowest BCUT2D eigenvalue weighted by Crippen LogP contribution is -2.23. The summed E-state index contributed by atoms with van der Waals surface area (Å²) in [5.74, 6) is 0.461. The lowest BCUT2D eigenvalue weighted by atomic mass is 10.2. The van der Waals surface area contributed by atoms with Gasteiger partial charge in [0, 0.05) is 6.07 Å². The van der Waals surface area contributed by atoms with Crippen molar-refractivity contribution in [2.75, 3.05) is 4.90 Å². The van der Waals surface area contributed by atoms with Gasteiger partial charge < -0.3 is 4.74 Å². The maximum atomic E-state index is 10.7. The molecule has 0 aromatic heterocycles. The SMILES string of the molecule is CCC(CC)Oc1cc(N(C=O)C=O)ccc1N=[NH2+]. The molecule has 0 aliphatic carbocycles. The van der Waals surface area contributed by atoms with Gasteiger partial charge in [0.25, 0.3) is 0 Å². The van der Waals surface area contributed by atoms with E-state index in [4.69, 9.17) is 10.3 Å². The van der Waals surface area contributed by atoms with E-state index in [0.717, 1.165) is 17.7 Å². The van der Waals surface area contributed by atoms with Crippen LogP contribution in [-0.2, 0) is 9.59 Å². The van der Waals surface area contributed by atoms with Crippen LogP contribution in [0.25, 0.3) is 0 Å². The van der Waals surface area contributed by atoms with Crippen molar-refractivity contribution in [1.82, 2.24) is 0 Å². The molecule has 6 heteroatoms. The van der Waals surface area contributed by atoms with Gasteiger partial charge in [-0.25, -0.2) is 0 Å². The summed E-state index contributed by atoms with van der Waals surface area (Å²) in [6.45, 7) is 4.03. The molecule has 0 saturated carbocycles.